The number of imide groups is 1. The standard InChI is InChI=1S/C28H30ClN3O5/c1-3-4-16-37-28(36)20-9-7-10-22(17-20)32-26(34)23(29)24(27(32)35)30-21-13-11-19(12-14-21)25(33)31-15-6-5-8-18(31)2/h7,9-14,17-18,30H,3-6,8,15-16H2,1-2H3. The van der Waals surface area contributed by atoms with Gasteiger partial charge in [-0.3, -0.25) is 14.4 Å². The Morgan fingerprint density at radius 3 is 2.51 bits per heavy atom. The molecule has 2 aliphatic heterocycles. The van der Waals surface area contributed by atoms with Gasteiger partial charge in [0.15, 0.2) is 0 Å². The smallest absolute Gasteiger partial charge is 0.338 e. The third kappa shape index (κ3) is 5.69. The number of benzene rings is 2. The Balaban J connectivity index is 1.47. The lowest BCUT2D eigenvalue weighted by molar-refractivity contribution is -0.120. The molecule has 1 unspecified atom stereocenters. The maximum atomic E-state index is 13.2. The van der Waals surface area contributed by atoms with E-state index in [4.69, 9.17) is 16.3 Å². The lowest BCUT2D eigenvalue weighted by atomic mass is 10.0. The third-order valence-corrected chi connectivity index (χ3v) is 6.91. The number of likely N-dealkylation sites (tertiary alicyclic amines) is 1. The lowest BCUT2D eigenvalue weighted by Gasteiger charge is -2.33. The molecule has 0 aliphatic carbocycles. The van der Waals surface area contributed by atoms with E-state index in [-0.39, 0.29) is 33.9 Å². The number of rotatable bonds is 8. The first-order valence-corrected chi connectivity index (χ1v) is 12.9. The molecule has 0 bridgehead atoms. The van der Waals surface area contributed by atoms with E-state index in [9.17, 15) is 19.2 Å². The van der Waals surface area contributed by atoms with Gasteiger partial charge in [0, 0.05) is 23.8 Å². The van der Waals surface area contributed by atoms with E-state index >= 15 is 0 Å². The maximum Gasteiger partial charge on any atom is 0.338 e. The normalized spacial score (nSPS) is 17.9. The topological polar surface area (TPSA) is 96.0 Å². The van der Waals surface area contributed by atoms with E-state index in [1.54, 1.807) is 42.5 Å². The molecule has 1 N–H and O–H groups in total. The van der Waals surface area contributed by atoms with Crippen molar-refractivity contribution in [2.24, 2.45) is 0 Å². The molecule has 2 heterocycles. The fourth-order valence-electron chi connectivity index (χ4n) is 4.42. The molecule has 2 aliphatic rings. The van der Waals surface area contributed by atoms with Crippen molar-refractivity contribution in [2.45, 2.75) is 52.0 Å². The highest BCUT2D eigenvalue weighted by atomic mass is 35.5. The van der Waals surface area contributed by atoms with Crippen molar-refractivity contribution in [3.8, 4) is 0 Å². The number of unbranched alkanes of at least 4 members (excludes halogenated alkanes) is 1. The van der Waals surface area contributed by atoms with Gasteiger partial charge in [-0.15, -0.1) is 0 Å². The van der Waals surface area contributed by atoms with Crippen molar-refractivity contribution >= 4 is 46.7 Å². The second-order valence-electron chi connectivity index (χ2n) is 9.22. The number of hydrogen-bond acceptors (Lipinski definition) is 6. The Bertz CT molecular complexity index is 1240. The van der Waals surface area contributed by atoms with E-state index in [1.165, 1.54) is 6.07 Å². The molecule has 2 aromatic rings. The summed E-state index contributed by atoms with van der Waals surface area (Å²) in [5, 5.41) is 2.65. The van der Waals surface area contributed by atoms with Gasteiger partial charge in [-0.1, -0.05) is 31.0 Å². The Labute approximate surface area is 221 Å². The summed E-state index contributed by atoms with van der Waals surface area (Å²) in [4.78, 5) is 54.1. The van der Waals surface area contributed by atoms with E-state index in [0.717, 1.165) is 43.5 Å². The molecular formula is C28H30ClN3O5. The molecule has 0 spiro atoms. The summed E-state index contributed by atoms with van der Waals surface area (Å²) >= 11 is 6.26. The number of hydrogen-bond donors (Lipinski definition) is 1. The third-order valence-electron chi connectivity index (χ3n) is 6.56. The minimum Gasteiger partial charge on any atom is -0.462 e. The fourth-order valence-corrected chi connectivity index (χ4v) is 4.63. The van der Waals surface area contributed by atoms with Crippen molar-refractivity contribution in [3.63, 3.8) is 0 Å². The van der Waals surface area contributed by atoms with Crippen LogP contribution in [0.25, 0.3) is 0 Å². The van der Waals surface area contributed by atoms with Crippen molar-refractivity contribution in [1.82, 2.24) is 4.90 Å². The largest absolute Gasteiger partial charge is 0.462 e. The average Bonchev–Trinajstić information content (AvgIpc) is 3.12. The number of carbonyl (C=O) groups excluding carboxylic acids is 4. The summed E-state index contributed by atoms with van der Waals surface area (Å²) in [6.07, 6.45) is 4.75. The summed E-state index contributed by atoms with van der Waals surface area (Å²) in [5.41, 5.74) is 1.43. The fraction of sp³-hybridized carbons (Fsp3) is 0.357. The first-order valence-electron chi connectivity index (χ1n) is 12.6. The van der Waals surface area contributed by atoms with Crippen LogP contribution in [0.1, 0.15) is 66.7 Å². The predicted molar refractivity (Wildman–Crippen MR) is 141 cm³/mol. The van der Waals surface area contributed by atoms with Crippen LogP contribution in [-0.2, 0) is 14.3 Å². The van der Waals surface area contributed by atoms with Crippen LogP contribution in [-0.4, -0.2) is 47.8 Å². The molecule has 3 amide bonds. The van der Waals surface area contributed by atoms with Crippen molar-refractivity contribution in [1.29, 1.82) is 0 Å². The van der Waals surface area contributed by atoms with E-state index in [1.807, 2.05) is 11.8 Å². The van der Waals surface area contributed by atoms with E-state index < -0.39 is 17.8 Å². The zero-order chi connectivity index (χ0) is 26.5. The number of halogens is 1. The number of piperidine rings is 1. The lowest BCUT2D eigenvalue weighted by Crippen LogP contribution is -2.42. The second kappa shape index (κ2) is 11.6. The molecule has 0 saturated carbocycles. The Kier molecular flexibility index (Phi) is 8.28. The van der Waals surface area contributed by atoms with Gasteiger partial charge in [0.05, 0.1) is 17.9 Å². The molecule has 1 atom stereocenters. The minimum atomic E-state index is -0.698. The molecule has 0 radical (unpaired) electrons. The molecule has 1 fully saturated rings. The molecular weight excluding hydrogens is 494 g/mol. The monoisotopic (exact) mass is 523 g/mol. The Morgan fingerprint density at radius 2 is 1.81 bits per heavy atom. The second-order valence-corrected chi connectivity index (χ2v) is 9.60. The zero-order valence-electron chi connectivity index (χ0n) is 21.0. The first kappa shape index (κ1) is 26.4. The maximum absolute atomic E-state index is 13.2. The number of nitrogens with zero attached hydrogens (tertiary/aromatic N) is 2. The highest BCUT2D eigenvalue weighted by Crippen LogP contribution is 2.31. The van der Waals surface area contributed by atoms with Crippen molar-refractivity contribution in [2.75, 3.05) is 23.4 Å². The highest BCUT2D eigenvalue weighted by molar-refractivity contribution is 6.53. The van der Waals surface area contributed by atoms with Crippen LogP contribution >= 0.6 is 11.6 Å². The first-order chi connectivity index (χ1) is 17.8. The zero-order valence-corrected chi connectivity index (χ0v) is 21.7. The molecule has 8 nitrogen and oxygen atoms in total. The summed E-state index contributed by atoms with van der Waals surface area (Å²) in [6.45, 7) is 5.09. The summed E-state index contributed by atoms with van der Waals surface area (Å²) in [5.74, 6) is -1.90. The van der Waals surface area contributed by atoms with Gasteiger partial charge < -0.3 is 15.0 Å². The average molecular weight is 524 g/mol. The quantitative estimate of drug-likeness (QED) is 0.294. The van der Waals surface area contributed by atoms with Gasteiger partial charge in [0.1, 0.15) is 10.7 Å². The molecule has 4 rings (SSSR count). The van der Waals surface area contributed by atoms with Crippen LogP contribution in [0, 0.1) is 0 Å². The van der Waals surface area contributed by atoms with Gasteiger partial charge in [0.25, 0.3) is 17.7 Å². The van der Waals surface area contributed by atoms with Crippen LogP contribution in [0.3, 0.4) is 0 Å². The highest BCUT2D eigenvalue weighted by Gasteiger charge is 2.39. The molecule has 194 valence electrons. The summed E-state index contributed by atoms with van der Waals surface area (Å²) < 4.78 is 5.23. The number of carbonyl (C=O) groups is 4. The molecule has 9 heteroatoms. The Hall–Kier alpha value is -3.65. The van der Waals surface area contributed by atoms with Crippen LogP contribution in [0.15, 0.2) is 59.3 Å². The van der Waals surface area contributed by atoms with E-state index in [2.05, 4.69) is 12.2 Å². The number of esters is 1. The SMILES string of the molecule is CCCCOC(=O)c1cccc(N2C(=O)C(Cl)=C(Nc3ccc(C(=O)N4CCCCC4C)cc3)C2=O)c1. The number of amides is 3. The molecule has 37 heavy (non-hydrogen) atoms. The predicted octanol–water partition coefficient (Wildman–Crippen LogP) is 5.09. The van der Waals surface area contributed by atoms with Gasteiger partial charge in [-0.25, -0.2) is 9.69 Å². The van der Waals surface area contributed by atoms with Crippen molar-refractivity contribution in [3.05, 3.63) is 70.4 Å². The Morgan fingerprint density at radius 1 is 1.05 bits per heavy atom. The van der Waals surface area contributed by atoms with Gasteiger partial charge in [-0.05, 0) is 75.1 Å². The van der Waals surface area contributed by atoms with Crippen LogP contribution in [0.2, 0.25) is 0 Å². The van der Waals surface area contributed by atoms with Crippen LogP contribution < -0.4 is 10.2 Å². The van der Waals surface area contributed by atoms with Gasteiger partial charge in [0.2, 0.25) is 0 Å². The minimum absolute atomic E-state index is 0.0256. The molecule has 2 aromatic carbocycles. The van der Waals surface area contributed by atoms with Gasteiger partial charge >= 0.3 is 5.97 Å². The van der Waals surface area contributed by atoms with Crippen LogP contribution in [0.4, 0.5) is 11.4 Å². The summed E-state index contributed by atoms with van der Waals surface area (Å²) in [6, 6.07) is 13.0. The number of nitrogens with one attached hydrogen (secondary N) is 1. The van der Waals surface area contributed by atoms with E-state index in [0.29, 0.717) is 17.9 Å². The number of anilines is 2. The number of ether oxygens (including phenoxy) is 1. The summed E-state index contributed by atoms with van der Waals surface area (Å²) in [7, 11) is 0. The van der Waals surface area contributed by atoms with Crippen LogP contribution in [0.5, 0.6) is 0 Å². The molecule has 0 aromatic heterocycles. The van der Waals surface area contributed by atoms with Crippen molar-refractivity contribution < 1.29 is 23.9 Å². The van der Waals surface area contributed by atoms with Gasteiger partial charge in [-0.2, -0.15) is 0 Å². The molecule has 1 saturated heterocycles.